The number of hydrogen-bond acceptors (Lipinski definition) is 3. The second-order valence-electron chi connectivity index (χ2n) is 3.06. The Labute approximate surface area is 81.7 Å². The minimum atomic E-state index is 0.402. The standard InChI is InChI=1S/C11H10O3/c12-6-10-4-9(7-13-8-10)5-11-2-1-3-14-11/h1-6H,7-8H2/b9-5-. The number of carbonyl (C=O) groups excluding carboxylic acids is 1. The first-order valence-corrected chi connectivity index (χ1v) is 4.36. The van der Waals surface area contributed by atoms with Crippen molar-refractivity contribution in [3.05, 3.63) is 41.4 Å². The highest BCUT2D eigenvalue weighted by Crippen LogP contribution is 2.14. The smallest absolute Gasteiger partial charge is 0.148 e. The molecule has 0 unspecified atom stereocenters. The summed E-state index contributed by atoms with van der Waals surface area (Å²) in [5.41, 5.74) is 1.61. The molecule has 0 fully saturated rings. The number of hydrogen-bond donors (Lipinski definition) is 0. The van der Waals surface area contributed by atoms with Crippen molar-refractivity contribution in [1.82, 2.24) is 0 Å². The molecule has 14 heavy (non-hydrogen) atoms. The van der Waals surface area contributed by atoms with Crippen LogP contribution in [0.4, 0.5) is 0 Å². The van der Waals surface area contributed by atoms with Crippen molar-refractivity contribution in [3.63, 3.8) is 0 Å². The topological polar surface area (TPSA) is 39.4 Å². The van der Waals surface area contributed by atoms with Crippen molar-refractivity contribution >= 4 is 12.4 Å². The molecule has 0 bridgehead atoms. The lowest BCUT2D eigenvalue weighted by Gasteiger charge is -2.11. The summed E-state index contributed by atoms with van der Waals surface area (Å²) < 4.78 is 10.4. The van der Waals surface area contributed by atoms with E-state index in [0.717, 1.165) is 17.6 Å². The van der Waals surface area contributed by atoms with Gasteiger partial charge in [0, 0.05) is 5.57 Å². The van der Waals surface area contributed by atoms with Crippen LogP contribution >= 0.6 is 0 Å². The van der Waals surface area contributed by atoms with E-state index in [0.29, 0.717) is 18.8 Å². The van der Waals surface area contributed by atoms with Crippen LogP contribution in [-0.4, -0.2) is 19.5 Å². The average Bonchev–Trinajstić information content (AvgIpc) is 2.71. The Morgan fingerprint density at radius 1 is 1.36 bits per heavy atom. The zero-order valence-corrected chi connectivity index (χ0v) is 7.60. The van der Waals surface area contributed by atoms with Gasteiger partial charge in [-0.05, 0) is 29.9 Å². The maximum Gasteiger partial charge on any atom is 0.148 e. The second-order valence-corrected chi connectivity index (χ2v) is 3.06. The molecule has 2 rings (SSSR count). The lowest BCUT2D eigenvalue weighted by Crippen LogP contribution is -2.09. The van der Waals surface area contributed by atoms with E-state index in [1.807, 2.05) is 24.3 Å². The molecule has 1 aliphatic heterocycles. The van der Waals surface area contributed by atoms with Gasteiger partial charge in [0.2, 0.25) is 0 Å². The van der Waals surface area contributed by atoms with Crippen LogP contribution in [0, 0.1) is 0 Å². The molecule has 0 saturated carbocycles. The largest absolute Gasteiger partial charge is 0.465 e. The highest BCUT2D eigenvalue weighted by molar-refractivity contribution is 5.76. The molecule has 0 amide bonds. The summed E-state index contributed by atoms with van der Waals surface area (Å²) >= 11 is 0. The molecule has 2 heterocycles. The van der Waals surface area contributed by atoms with Crippen molar-refractivity contribution in [2.24, 2.45) is 0 Å². The number of ether oxygens (including phenoxy) is 1. The number of furan rings is 1. The molecule has 1 aliphatic rings. The summed E-state index contributed by atoms with van der Waals surface area (Å²) in [6.07, 6.45) is 6.12. The molecule has 0 spiro atoms. The van der Waals surface area contributed by atoms with Crippen LogP contribution in [-0.2, 0) is 9.53 Å². The SMILES string of the molecule is O=CC1=C/C(=C/c2ccco2)COC1. The van der Waals surface area contributed by atoms with Crippen LogP contribution in [0.3, 0.4) is 0 Å². The van der Waals surface area contributed by atoms with Crippen molar-refractivity contribution in [1.29, 1.82) is 0 Å². The lowest BCUT2D eigenvalue weighted by molar-refractivity contribution is -0.105. The van der Waals surface area contributed by atoms with Crippen molar-refractivity contribution in [3.8, 4) is 0 Å². The Morgan fingerprint density at radius 3 is 3.00 bits per heavy atom. The first-order valence-electron chi connectivity index (χ1n) is 4.36. The van der Waals surface area contributed by atoms with E-state index in [2.05, 4.69) is 0 Å². The van der Waals surface area contributed by atoms with E-state index in [9.17, 15) is 4.79 Å². The molecule has 3 nitrogen and oxygen atoms in total. The lowest BCUT2D eigenvalue weighted by atomic mass is 10.1. The minimum Gasteiger partial charge on any atom is -0.465 e. The monoisotopic (exact) mass is 190 g/mol. The van der Waals surface area contributed by atoms with E-state index in [1.54, 1.807) is 6.26 Å². The van der Waals surface area contributed by atoms with Gasteiger partial charge in [0.1, 0.15) is 12.0 Å². The fourth-order valence-electron chi connectivity index (χ4n) is 1.32. The van der Waals surface area contributed by atoms with Gasteiger partial charge < -0.3 is 9.15 Å². The van der Waals surface area contributed by atoms with Gasteiger partial charge in [-0.3, -0.25) is 4.79 Å². The summed E-state index contributed by atoms with van der Waals surface area (Å²) in [6, 6.07) is 3.68. The molecule has 0 radical (unpaired) electrons. The maximum atomic E-state index is 10.5. The van der Waals surface area contributed by atoms with Gasteiger partial charge in [-0.25, -0.2) is 0 Å². The number of rotatable bonds is 2. The fourth-order valence-corrected chi connectivity index (χ4v) is 1.32. The fraction of sp³-hybridized carbons (Fsp3) is 0.182. The van der Waals surface area contributed by atoms with E-state index < -0.39 is 0 Å². The summed E-state index contributed by atoms with van der Waals surface area (Å²) in [4.78, 5) is 10.5. The molecule has 1 aromatic rings. The highest BCUT2D eigenvalue weighted by atomic mass is 16.5. The van der Waals surface area contributed by atoms with Gasteiger partial charge in [-0.2, -0.15) is 0 Å². The third kappa shape index (κ3) is 2.00. The normalized spacial score (nSPS) is 19.4. The maximum absolute atomic E-state index is 10.5. The molecule has 0 saturated heterocycles. The molecule has 72 valence electrons. The van der Waals surface area contributed by atoms with Crippen molar-refractivity contribution in [2.75, 3.05) is 13.2 Å². The number of carbonyl (C=O) groups is 1. The summed E-state index contributed by atoms with van der Waals surface area (Å²) in [5.74, 6) is 0.770. The quantitative estimate of drug-likeness (QED) is 0.668. The summed E-state index contributed by atoms with van der Waals surface area (Å²) in [7, 11) is 0. The van der Waals surface area contributed by atoms with Crippen LogP contribution in [0.15, 0.2) is 40.0 Å². The zero-order valence-electron chi connectivity index (χ0n) is 7.60. The van der Waals surface area contributed by atoms with Crippen molar-refractivity contribution < 1.29 is 13.9 Å². The Balaban J connectivity index is 2.22. The molecule has 0 aromatic carbocycles. The highest BCUT2D eigenvalue weighted by Gasteiger charge is 2.06. The first kappa shape index (κ1) is 8.97. The Kier molecular flexibility index (Phi) is 2.60. The van der Waals surface area contributed by atoms with E-state index in [-0.39, 0.29) is 0 Å². The number of aldehydes is 1. The van der Waals surface area contributed by atoms with Crippen LogP contribution in [0.5, 0.6) is 0 Å². The predicted molar refractivity (Wildman–Crippen MR) is 51.7 cm³/mol. The van der Waals surface area contributed by atoms with Crippen LogP contribution < -0.4 is 0 Å². The molecule has 3 heteroatoms. The van der Waals surface area contributed by atoms with Gasteiger partial charge in [-0.15, -0.1) is 0 Å². The second kappa shape index (κ2) is 4.07. The van der Waals surface area contributed by atoms with Gasteiger partial charge in [0.05, 0.1) is 19.5 Å². The molecular formula is C11H10O3. The van der Waals surface area contributed by atoms with Gasteiger partial charge >= 0.3 is 0 Å². The van der Waals surface area contributed by atoms with Crippen molar-refractivity contribution in [2.45, 2.75) is 0 Å². The van der Waals surface area contributed by atoms with Gasteiger partial charge in [-0.1, -0.05) is 0 Å². The molecule has 0 atom stereocenters. The average molecular weight is 190 g/mol. The van der Waals surface area contributed by atoms with Gasteiger partial charge in [0.25, 0.3) is 0 Å². The Hall–Kier alpha value is -1.61. The van der Waals surface area contributed by atoms with Crippen LogP contribution in [0.2, 0.25) is 0 Å². The van der Waals surface area contributed by atoms with E-state index in [1.165, 1.54) is 0 Å². The van der Waals surface area contributed by atoms with Crippen LogP contribution in [0.1, 0.15) is 5.76 Å². The summed E-state index contributed by atoms with van der Waals surface area (Å²) in [6.45, 7) is 0.928. The minimum absolute atomic E-state index is 0.402. The first-order chi connectivity index (χ1) is 6.88. The third-order valence-corrected chi connectivity index (χ3v) is 1.93. The van der Waals surface area contributed by atoms with Crippen LogP contribution in [0.25, 0.3) is 6.08 Å². The molecular weight excluding hydrogens is 180 g/mol. The molecule has 0 aliphatic carbocycles. The van der Waals surface area contributed by atoms with Gasteiger partial charge in [0.15, 0.2) is 0 Å². The predicted octanol–water partition coefficient (Wildman–Crippen LogP) is 1.82. The Morgan fingerprint density at radius 2 is 2.29 bits per heavy atom. The zero-order chi connectivity index (χ0) is 9.80. The van der Waals surface area contributed by atoms with E-state index in [4.69, 9.17) is 9.15 Å². The summed E-state index contributed by atoms with van der Waals surface area (Å²) in [5, 5.41) is 0. The Bertz CT molecular complexity index is 371. The third-order valence-electron chi connectivity index (χ3n) is 1.93. The molecule has 0 N–H and O–H groups in total. The molecule has 1 aromatic heterocycles. The van der Waals surface area contributed by atoms with E-state index >= 15 is 0 Å².